The van der Waals surface area contributed by atoms with Gasteiger partial charge in [0.25, 0.3) is 5.91 Å². The highest BCUT2D eigenvalue weighted by molar-refractivity contribution is 7.14. The average Bonchev–Trinajstić information content (AvgIpc) is 2.93. The van der Waals surface area contributed by atoms with E-state index >= 15 is 0 Å². The normalized spacial score (nSPS) is 21.9. The highest BCUT2D eigenvalue weighted by Gasteiger charge is 2.48. The predicted molar refractivity (Wildman–Crippen MR) is 60.7 cm³/mol. The molecule has 2 rings (SSSR count). The molecule has 0 aromatic carbocycles. The summed E-state index contributed by atoms with van der Waals surface area (Å²) in [5, 5.41) is 13.2. The van der Waals surface area contributed by atoms with Crippen molar-refractivity contribution in [2.24, 2.45) is 17.6 Å². The fourth-order valence-electron chi connectivity index (χ4n) is 1.56. The molecule has 1 saturated carbocycles. The van der Waals surface area contributed by atoms with Gasteiger partial charge in [-0.15, -0.1) is 11.3 Å². The number of hydrogen-bond acceptors (Lipinski definition) is 4. The summed E-state index contributed by atoms with van der Waals surface area (Å²) in [4.78, 5) is 33.3. The van der Waals surface area contributed by atoms with E-state index in [1.807, 2.05) is 0 Å². The molecule has 2 unspecified atom stereocenters. The van der Waals surface area contributed by atoms with Crippen LogP contribution in [-0.4, -0.2) is 22.9 Å². The SMILES string of the molecule is NC(=O)c1ccsc1NC(=O)C1CC1C(=O)O. The van der Waals surface area contributed by atoms with Gasteiger partial charge in [-0.2, -0.15) is 0 Å². The first-order chi connectivity index (χ1) is 8.00. The molecule has 0 bridgehead atoms. The van der Waals surface area contributed by atoms with E-state index in [1.165, 1.54) is 17.4 Å². The van der Waals surface area contributed by atoms with E-state index in [0.717, 1.165) is 0 Å². The first-order valence-electron chi connectivity index (χ1n) is 4.91. The van der Waals surface area contributed by atoms with Crippen molar-refractivity contribution >= 4 is 34.1 Å². The third kappa shape index (κ3) is 2.28. The van der Waals surface area contributed by atoms with Gasteiger partial charge >= 0.3 is 5.97 Å². The average molecular weight is 254 g/mol. The van der Waals surface area contributed by atoms with Gasteiger partial charge in [-0.1, -0.05) is 0 Å². The van der Waals surface area contributed by atoms with Crippen LogP contribution in [0.25, 0.3) is 0 Å². The van der Waals surface area contributed by atoms with E-state index in [1.54, 1.807) is 5.38 Å². The summed E-state index contributed by atoms with van der Waals surface area (Å²) in [7, 11) is 0. The second-order valence-corrected chi connectivity index (χ2v) is 4.72. The van der Waals surface area contributed by atoms with Crippen molar-refractivity contribution in [1.29, 1.82) is 0 Å². The first-order valence-corrected chi connectivity index (χ1v) is 5.79. The number of carboxylic acids is 1. The van der Waals surface area contributed by atoms with E-state index in [9.17, 15) is 14.4 Å². The lowest BCUT2D eigenvalue weighted by atomic mass is 10.2. The second kappa shape index (κ2) is 4.17. The van der Waals surface area contributed by atoms with Gasteiger partial charge in [-0.25, -0.2) is 0 Å². The van der Waals surface area contributed by atoms with Crippen LogP contribution < -0.4 is 11.1 Å². The standard InChI is InChI=1S/C10H10N2O4S/c11-7(13)4-1-2-17-9(4)12-8(14)5-3-6(5)10(15)16/h1-2,5-6H,3H2,(H2,11,13)(H,12,14)(H,15,16). The Morgan fingerprint density at radius 2 is 2.12 bits per heavy atom. The number of rotatable bonds is 4. The van der Waals surface area contributed by atoms with Crippen LogP contribution in [0.5, 0.6) is 0 Å². The molecule has 0 saturated heterocycles. The summed E-state index contributed by atoms with van der Waals surface area (Å²) < 4.78 is 0. The maximum Gasteiger partial charge on any atom is 0.307 e. The molecule has 2 amide bonds. The molecule has 6 nitrogen and oxygen atoms in total. The van der Waals surface area contributed by atoms with Crippen LogP contribution in [0.2, 0.25) is 0 Å². The second-order valence-electron chi connectivity index (χ2n) is 3.80. The molecule has 1 aromatic heterocycles. The molecule has 2 atom stereocenters. The van der Waals surface area contributed by atoms with Crippen LogP contribution in [0.3, 0.4) is 0 Å². The zero-order chi connectivity index (χ0) is 12.6. The number of anilines is 1. The summed E-state index contributed by atoms with van der Waals surface area (Å²) in [5.74, 6) is -3.07. The maximum atomic E-state index is 11.6. The highest BCUT2D eigenvalue weighted by atomic mass is 32.1. The van der Waals surface area contributed by atoms with E-state index in [2.05, 4.69) is 5.32 Å². The van der Waals surface area contributed by atoms with Crippen molar-refractivity contribution in [3.8, 4) is 0 Å². The summed E-state index contributed by atoms with van der Waals surface area (Å²) in [6, 6.07) is 1.52. The topological polar surface area (TPSA) is 109 Å². The predicted octanol–water partition coefficient (Wildman–Crippen LogP) is 0.506. The molecular weight excluding hydrogens is 244 g/mol. The molecule has 1 heterocycles. The molecule has 90 valence electrons. The van der Waals surface area contributed by atoms with E-state index in [0.29, 0.717) is 11.4 Å². The van der Waals surface area contributed by atoms with Gasteiger partial charge in [0.05, 0.1) is 17.4 Å². The number of primary amides is 1. The molecule has 1 fully saturated rings. The third-order valence-corrected chi connectivity index (χ3v) is 3.44. The largest absolute Gasteiger partial charge is 0.481 e. The van der Waals surface area contributed by atoms with Crippen LogP contribution in [0.15, 0.2) is 11.4 Å². The van der Waals surface area contributed by atoms with Gasteiger partial charge < -0.3 is 16.2 Å². The zero-order valence-electron chi connectivity index (χ0n) is 8.67. The number of hydrogen-bond donors (Lipinski definition) is 3. The summed E-state index contributed by atoms with van der Waals surface area (Å²) >= 11 is 1.18. The molecule has 0 aliphatic heterocycles. The van der Waals surface area contributed by atoms with Crippen molar-refractivity contribution in [2.45, 2.75) is 6.42 Å². The number of carbonyl (C=O) groups is 3. The Morgan fingerprint density at radius 3 is 2.65 bits per heavy atom. The third-order valence-electron chi connectivity index (χ3n) is 2.61. The van der Waals surface area contributed by atoms with Crippen molar-refractivity contribution in [2.75, 3.05) is 5.32 Å². The van der Waals surface area contributed by atoms with Crippen LogP contribution >= 0.6 is 11.3 Å². The minimum atomic E-state index is -0.966. The number of amides is 2. The minimum Gasteiger partial charge on any atom is -0.481 e. The van der Waals surface area contributed by atoms with Crippen molar-refractivity contribution < 1.29 is 19.5 Å². The number of thiophene rings is 1. The molecule has 1 aliphatic carbocycles. The molecule has 0 radical (unpaired) electrons. The molecular formula is C10H10N2O4S. The van der Waals surface area contributed by atoms with Gasteiger partial charge in [-0.05, 0) is 17.9 Å². The quantitative estimate of drug-likeness (QED) is 0.727. The Hall–Kier alpha value is -1.89. The number of carbonyl (C=O) groups excluding carboxylic acids is 2. The van der Waals surface area contributed by atoms with Crippen LogP contribution in [0, 0.1) is 11.8 Å². The van der Waals surface area contributed by atoms with Crippen LogP contribution in [0.1, 0.15) is 16.8 Å². The Labute approximate surface area is 100 Å². The Morgan fingerprint density at radius 1 is 1.41 bits per heavy atom. The summed E-state index contributed by atoms with van der Waals surface area (Å²) in [6.45, 7) is 0. The van der Waals surface area contributed by atoms with Crippen molar-refractivity contribution in [3.63, 3.8) is 0 Å². The maximum absolute atomic E-state index is 11.6. The van der Waals surface area contributed by atoms with Gasteiger partial charge in [0.15, 0.2) is 0 Å². The summed E-state index contributed by atoms with van der Waals surface area (Å²) in [5.41, 5.74) is 5.37. The smallest absolute Gasteiger partial charge is 0.307 e. The highest BCUT2D eigenvalue weighted by Crippen LogP contribution is 2.40. The molecule has 7 heteroatoms. The minimum absolute atomic E-state index is 0.246. The van der Waals surface area contributed by atoms with Crippen LogP contribution in [0.4, 0.5) is 5.00 Å². The van der Waals surface area contributed by atoms with Gasteiger partial charge in [0, 0.05) is 0 Å². The van der Waals surface area contributed by atoms with E-state index < -0.39 is 23.7 Å². The number of aliphatic carboxylic acids is 1. The van der Waals surface area contributed by atoms with Crippen LogP contribution in [-0.2, 0) is 9.59 Å². The summed E-state index contributed by atoms with van der Waals surface area (Å²) in [6.07, 6.45) is 0.346. The van der Waals surface area contributed by atoms with E-state index in [-0.39, 0.29) is 11.5 Å². The van der Waals surface area contributed by atoms with E-state index in [4.69, 9.17) is 10.8 Å². The number of nitrogens with one attached hydrogen (secondary N) is 1. The molecule has 0 spiro atoms. The lowest BCUT2D eigenvalue weighted by Crippen LogP contribution is -2.19. The van der Waals surface area contributed by atoms with Gasteiger partial charge in [0.1, 0.15) is 5.00 Å². The van der Waals surface area contributed by atoms with Crippen molar-refractivity contribution in [1.82, 2.24) is 0 Å². The Kier molecular flexibility index (Phi) is 2.84. The van der Waals surface area contributed by atoms with Gasteiger partial charge in [0.2, 0.25) is 5.91 Å². The lowest BCUT2D eigenvalue weighted by Gasteiger charge is -2.03. The Balaban J connectivity index is 2.02. The zero-order valence-corrected chi connectivity index (χ0v) is 9.49. The number of nitrogens with two attached hydrogens (primary N) is 1. The lowest BCUT2D eigenvalue weighted by molar-refractivity contribution is -0.139. The Bertz CT molecular complexity index is 496. The fraction of sp³-hybridized carbons (Fsp3) is 0.300. The van der Waals surface area contributed by atoms with Crippen molar-refractivity contribution in [3.05, 3.63) is 17.0 Å². The number of carboxylic acid groups (broad SMARTS) is 1. The molecule has 17 heavy (non-hydrogen) atoms. The van der Waals surface area contributed by atoms with Gasteiger partial charge in [-0.3, -0.25) is 14.4 Å². The molecule has 1 aromatic rings. The fourth-order valence-corrected chi connectivity index (χ4v) is 2.36. The first kappa shape index (κ1) is 11.6. The monoisotopic (exact) mass is 254 g/mol. The molecule has 4 N–H and O–H groups in total. The molecule has 1 aliphatic rings.